The molecule has 1 unspecified atom stereocenters. The Balaban J connectivity index is 1.49. The molecule has 1 saturated heterocycles. The number of fused-ring (bicyclic) bond motifs is 5. The summed E-state index contributed by atoms with van der Waals surface area (Å²) in [6, 6.07) is 22.8. The molecule has 0 N–H and O–H groups in total. The SMILES string of the molecule is CC[C@]12CCCN(C(=O)CS(=O)c3ccccc3)[C@H]1c1c(n(S(=O)(=O)c3ccc(OC)cc3)c3ccccc13)CC2. The molecule has 1 aliphatic carbocycles. The summed E-state index contributed by atoms with van der Waals surface area (Å²) >= 11 is 0. The lowest BCUT2D eigenvalue weighted by Crippen LogP contribution is -2.51. The fraction of sp³-hybridized carbons (Fsp3) is 0.344. The van der Waals surface area contributed by atoms with Crippen LogP contribution >= 0.6 is 0 Å². The highest BCUT2D eigenvalue weighted by Crippen LogP contribution is 2.57. The van der Waals surface area contributed by atoms with Gasteiger partial charge in [-0.05, 0) is 80.0 Å². The van der Waals surface area contributed by atoms with E-state index in [1.54, 1.807) is 43.5 Å². The molecule has 0 spiro atoms. The Labute approximate surface area is 243 Å². The number of amides is 1. The lowest BCUT2D eigenvalue weighted by molar-refractivity contribution is -0.138. The van der Waals surface area contributed by atoms with Crippen LogP contribution in [0.5, 0.6) is 5.75 Å². The first-order chi connectivity index (χ1) is 19.8. The fourth-order valence-corrected chi connectivity index (χ4v) is 9.52. The number of hydrogen-bond acceptors (Lipinski definition) is 5. The molecule has 3 atom stereocenters. The van der Waals surface area contributed by atoms with Crippen LogP contribution in [0.25, 0.3) is 10.9 Å². The van der Waals surface area contributed by atoms with Gasteiger partial charge in [-0.3, -0.25) is 9.00 Å². The summed E-state index contributed by atoms with van der Waals surface area (Å²) in [5.41, 5.74) is 2.10. The molecule has 1 aromatic heterocycles. The van der Waals surface area contributed by atoms with E-state index in [1.807, 2.05) is 47.4 Å². The number of hydrogen-bond donors (Lipinski definition) is 0. The first-order valence-electron chi connectivity index (χ1n) is 14.1. The van der Waals surface area contributed by atoms with E-state index in [0.717, 1.165) is 42.3 Å². The number of para-hydroxylation sites is 1. The molecule has 2 heterocycles. The molecule has 0 radical (unpaired) electrons. The molecule has 3 aromatic carbocycles. The number of rotatable bonds is 7. The van der Waals surface area contributed by atoms with Crippen molar-refractivity contribution < 1.29 is 22.2 Å². The highest BCUT2D eigenvalue weighted by atomic mass is 32.2. The van der Waals surface area contributed by atoms with E-state index in [1.165, 1.54) is 3.97 Å². The van der Waals surface area contributed by atoms with Gasteiger partial charge in [-0.2, -0.15) is 0 Å². The summed E-state index contributed by atoms with van der Waals surface area (Å²) in [5, 5.41) is 0.853. The zero-order valence-corrected chi connectivity index (χ0v) is 24.9. The van der Waals surface area contributed by atoms with Crippen LogP contribution in [0.4, 0.5) is 0 Å². The third kappa shape index (κ3) is 4.59. The molecule has 1 amide bonds. The quantitative estimate of drug-likeness (QED) is 0.276. The van der Waals surface area contributed by atoms with Crippen LogP contribution in [0.3, 0.4) is 0 Å². The number of ether oxygens (including phenoxy) is 1. The Morgan fingerprint density at radius 3 is 2.41 bits per heavy atom. The van der Waals surface area contributed by atoms with Crippen molar-refractivity contribution in [2.75, 3.05) is 19.4 Å². The van der Waals surface area contributed by atoms with Crippen LogP contribution in [0, 0.1) is 5.41 Å². The molecule has 1 aliphatic heterocycles. The van der Waals surface area contributed by atoms with Crippen LogP contribution in [-0.2, 0) is 32.0 Å². The molecular weight excluding hydrogens is 556 g/mol. The molecule has 1 fully saturated rings. The number of piperidine rings is 1. The van der Waals surface area contributed by atoms with Crippen LogP contribution in [0.2, 0.25) is 0 Å². The minimum absolute atomic E-state index is 0.0988. The van der Waals surface area contributed by atoms with Gasteiger partial charge in [0.25, 0.3) is 10.0 Å². The van der Waals surface area contributed by atoms with Gasteiger partial charge in [0.15, 0.2) is 0 Å². The summed E-state index contributed by atoms with van der Waals surface area (Å²) in [5.74, 6) is 0.330. The maximum atomic E-state index is 14.2. The first-order valence-corrected chi connectivity index (χ1v) is 16.8. The van der Waals surface area contributed by atoms with Crippen molar-refractivity contribution in [3.05, 3.63) is 90.1 Å². The van der Waals surface area contributed by atoms with Crippen molar-refractivity contribution in [1.29, 1.82) is 0 Å². The average molecular weight is 591 g/mol. The number of benzene rings is 3. The van der Waals surface area contributed by atoms with Crippen molar-refractivity contribution in [2.24, 2.45) is 5.41 Å². The zero-order chi connectivity index (χ0) is 28.8. The van der Waals surface area contributed by atoms with Crippen LogP contribution in [0.1, 0.15) is 49.9 Å². The number of methoxy groups -OCH3 is 1. The van der Waals surface area contributed by atoms with E-state index in [4.69, 9.17) is 4.74 Å². The van der Waals surface area contributed by atoms with E-state index in [9.17, 15) is 17.4 Å². The maximum absolute atomic E-state index is 14.2. The lowest BCUT2D eigenvalue weighted by atomic mass is 9.62. The van der Waals surface area contributed by atoms with E-state index >= 15 is 0 Å². The molecule has 0 saturated carbocycles. The van der Waals surface area contributed by atoms with Gasteiger partial charge in [0.2, 0.25) is 5.91 Å². The topological polar surface area (TPSA) is 85.7 Å². The standard InChI is InChI=1S/C32H34N2O5S2/c1-3-32-19-9-21-33(29(35)22-40(36)24-10-5-4-6-11-24)31(32)30-26-12-7-8-13-27(26)34(28(30)18-20-32)41(37,38)25-16-14-23(39-2)15-17-25/h4-8,10-17,31H,3,9,18-22H2,1-2H3/t31-,32+,40?/m0/s1. The van der Waals surface area contributed by atoms with Crippen molar-refractivity contribution in [2.45, 2.75) is 54.9 Å². The molecule has 9 heteroatoms. The zero-order valence-electron chi connectivity index (χ0n) is 23.3. The molecule has 0 bridgehead atoms. The van der Waals surface area contributed by atoms with Gasteiger partial charge in [-0.25, -0.2) is 12.4 Å². The Kier molecular flexibility index (Phi) is 7.28. The molecule has 4 aromatic rings. The summed E-state index contributed by atoms with van der Waals surface area (Å²) in [4.78, 5) is 16.6. The average Bonchev–Trinajstić information content (AvgIpc) is 3.36. The van der Waals surface area contributed by atoms with E-state index < -0.39 is 20.8 Å². The Morgan fingerprint density at radius 2 is 1.71 bits per heavy atom. The summed E-state index contributed by atoms with van der Waals surface area (Å²) in [6.45, 7) is 2.72. The minimum atomic E-state index is -3.94. The second-order valence-electron chi connectivity index (χ2n) is 10.9. The Morgan fingerprint density at radius 1 is 1.00 bits per heavy atom. The van der Waals surface area contributed by atoms with Crippen molar-refractivity contribution in [3.63, 3.8) is 0 Å². The van der Waals surface area contributed by atoms with E-state index in [-0.39, 0.29) is 28.0 Å². The summed E-state index contributed by atoms with van der Waals surface area (Å²) in [7, 11) is -3.86. The van der Waals surface area contributed by atoms with Crippen molar-refractivity contribution >= 4 is 37.6 Å². The predicted octanol–water partition coefficient (Wildman–Crippen LogP) is 5.70. The lowest BCUT2D eigenvalue weighted by Gasteiger charge is -2.52. The Hall–Kier alpha value is -3.43. The second kappa shape index (κ2) is 10.8. The Bertz CT molecular complexity index is 1730. The number of likely N-dealkylation sites (tertiary alicyclic amines) is 1. The number of carbonyl (C=O) groups is 1. The van der Waals surface area contributed by atoms with Gasteiger partial charge >= 0.3 is 0 Å². The third-order valence-electron chi connectivity index (χ3n) is 8.95. The minimum Gasteiger partial charge on any atom is -0.497 e. The highest BCUT2D eigenvalue weighted by Gasteiger charge is 2.51. The van der Waals surface area contributed by atoms with Gasteiger partial charge in [-0.15, -0.1) is 0 Å². The van der Waals surface area contributed by atoms with Crippen LogP contribution in [0.15, 0.2) is 88.7 Å². The summed E-state index contributed by atoms with van der Waals surface area (Å²) in [6.07, 6.45) is 4.08. The molecule has 214 valence electrons. The summed E-state index contributed by atoms with van der Waals surface area (Å²) < 4.78 is 48.3. The fourth-order valence-electron chi connectivity index (χ4n) is 6.91. The third-order valence-corrected chi connectivity index (χ3v) is 12.0. The normalized spacial score (nSPS) is 21.2. The van der Waals surface area contributed by atoms with Crippen molar-refractivity contribution in [3.8, 4) is 5.75 Å². The number of nitrogens with zero attached hydrogens (tertiary/aromatic N) is 2. The van der Waals surface area contributed by atoms with Gasteiger partial charge in [0.05, 0.1) is 34.4 Å². The van der Waals surface area contributed by atoms with Gasteiger partial charge < -0.3 is 9.64 Å². The largest absolute Gasteiger partial charge is 0.497 e. The number of carbonyl (C=O) groups excluding carboxylic acids is 1. The van der Waals surface area contributed by atoms with E-state index in [2.05, 4.69) is 6.92 Å². The molecule has 7 nitrogen and oxygen atoms in total. The molecule has 6 rings (SSSR count). The second-order valence-corrected chi connectivity index (χ2v) is 14.2. The van der Waals surface area contributed by atoms with Crippen LogP contribution in [-0.4, -0.2) is 46.8 Å². The van der Waals surface area contributed by atoms with Crippen LogP contribution < -0.4 is 4.74 Å². The number of aromatic nitrogens is 1. The van der Waals surface area contributed by atoms with Gasteiger partial charge in [-0.1, -0.05) is 43.3 Å². The van der Waals surface area contributed by atoms with Gasteiger partial charge in [0.1, 0.15) is 11.5 Å². The maximum Gasteiger partial charge on any atom is 0.268 e. The van der Waals surface area contributed by atoms with E-state index in [0.29, 0.717) is 29.1 Å². The molecule has 41 heavy (non-hydrogen) atoms. The molecule has 2 aliphatic rings. The predicted molar refractivity (Wildman–Crippen MR) is 160 cm³/mol. The first kappa shape index (κ1) is 27.7. The molecular formula is C32H34N2O5S2. The monoisotopic (exact) mass is 590 g/mol. The smallest absolute Gasteiger partial charge is 0.268 e. The van der Waals surface area contributed by atoms with Crippen molar-refractivity contribution in [1.82, 2.24) is 8.87 Å². The highest BCUT2D eigenvalue weighted by molar-refractivity contribution is 7.90. The van der Waals surface area contributed by atoms with Gasteiger partial charge in [0, 0.05) is 28.1 Å².